The second-order valence-electron chi connectivity index (χ2n) is 4.13. The van der Waals surface area contributed by atoms with Gasteiger partial charge < -0.3 is 0 Å². The Morgan fingerprint density at radius 1 is 0.947 bits per heavy atom. The normalized spacial score (nSPS) is 10.1. The quantitative estimate of drug-likeness (QED) is 0.509. The van der Waals surface area contributed by atoms with E-state index in [0.717, 1.165) is 22.0 Å². The van der Waals surface area contributed by atoms with E-state index in [9.17, 15) is 4.79 Å². The summed E-state index contributed by atoms with van der Waals surface area (Å²) in [6.45, 7) is 0. The molecule has 3 nitrogen and oxygen atoms in total. The van der Waals surface area contributed by atoms with Gasteiger partial charge in [-0.05, 0) is 23.8 Å². The molecule has 0 aliphatic rings. The fourth-order valence-electron chi connectivity index (χ4n) is 2.11. The van der Waals surface area contributed by atoms with Gasteiger partial charge in [-0.1, -0.05) is 36.4 Å². The van der Waals surface area contributed by atoms with Crippen LogP contribution in [0.5, 0.6) is 0 Å². The molecule has 0 bridgehead atoms. The Morgan fingerprint density at radius 2 is 1.74 bits per heavy atom. The van der Waals surface area contributed by atoms with Gasteiger partial charge in [-0.2, -0.15) is 4.99 Å². The van der Waals surface area contributed by atoms with E-state index in [2.05, 4.69) is 9.98 Å². The minimum atomic E-state index is 0.604. The van der Waals surface area contributed by atoms with E-state index in [-0.39, 0.29) is 0 Å². The standard InChI is InChI=1S/C16H10N2O/c19-11-18-14-8-6-12(7-9-14)15-5-1-3-13-4-2-10-17-16(13)15/h1-10H. The van der Waals surface area contributed by atoms with E-state index >= 15 is 0 Å². The zero-order chi connectivity index (χ0) is 13.1. The number of fused-ring (bicyclic) bond motifs is 1. The number of aromatic nitrogens is 1. The fourth-order valence-corrected chi connectivity index (χ4v) is 2.11. The highest BCUT2D eigenvalue weighted by atomic mass is 16.1. The van der Waals surface area contributed by atoms with Crippen LogP contribution in [0.25, 0.3) is 22.0 Å². The average Bonchev–Trinajstić information content (AvgIpc) is 2.48. The number of hydrogen-bond donors (Lipinski definition) is 0. The van der Waals surface area contributed by atoms with Crippen LogP contribution in [0.2, 0.25) is 0 Å². The zero-order valence-corrected chi connectivity index (χ0v) is 10.1. The molecule has 2 aromatic carbocycles. The lowest BCUT2D eigenvalue weighted by Gasteiger charge is -2.05. The molecule has 0 saturated carbocycles. The molecule has 0 aliphatic carbocycles. The number of rotatable bonds is 2. The van der Waals surface area contributed by atoms with Gasteiger partial charge in [0.15, 0.2) is 0 Å². The van der Waals surface area contributed by atoms with Gasteiger partial charge in [-0.3, -0.25) is 4.98 Å². The summed E-state index contributed by atoms with van der Waals surface area (Å²) in [4.78, 5) is 18.2. The second-order valence-corrected chi connectivity index (χ2v) is 4.13. The molecule has 0 fully saturated rings. The van der Waals surface area contributed by atoms with Crippen molar-refractivity contribution in [3.05, 3.63) is 60.8 Å². The minimum absolute atomic E-state index is 0.604. The summed E-state index contributed by atoms with van der Waals surface area (Å²) < 4.78 is 0. The first-order valence-corrected chi connectivity index (χ1v) is 5.90. The maximum atomic E-state index is 10.2. The van der Waals surface area contributed by atoms with Gasteiger partial charge in [0.2, 0.25) is 6.08 Å². The van der Waals surface area contributed by atoms with Crippen molar-refractivity contribution >= 4 is 22.7 Å². The van der Waals surface area contributed by atoms with Gasteiger partial charge in [0.25, 0.3) is 0 Å². The van der Waals surface area contributed by atoms with Crippen LogP contribution in [0, 0.1) is 0 Å². The molecule has 3 aromatic rings. The monoisotopic (exact) mass is 246 g/mol. The summed E-state index contributed by atoms with van der Waals surface area (Å²) in [6, 6.07) is 17.5. The average molecular weight is 246 g/mol. The van der Waals surface area contributed by atoms with E-state index in [1.165, 1.54) is 6.08 Å². The van der Waals surface area contributed by atoms with Gasteiger partial charge >= 0.3 is 0 Å². The van der Waals surface area contributed by atoms with Crippen LogP contribution in [-0.2, 0) is 4.79 Å². The number of pyridine rings is 1. The Kier molecular flexibility index (Phi) is 2.89. The van der Waals surface area contributed by atoms with Gasteiger partial charge in [0, 0.05) is 17.1 Å². The zero-order valence-electron chi connectivity index (χ0n) is 10.1. The summed E-state index contributed by atoms with van der Waals surface area (Å²) in [6.07, 6.45) is 3.32. The van der Waals surface area contributed by atoms with Gasteiger partial charge in [-0.25, -0.2) is 4.79 Å². The number of aliphatic imine (C=N–C) groups is 1. The summed E-state index contributed by atoms with van der Waals surface area (Å²) in [5.41, 5.74) is 3.69. The molecule has 0 unspecified atom stereocenters. The maximum absolute atomic E-state index is 10.2. The summed E-state index contributed by atoms with van der Waals surface area (Å²) >= 11 is 0. The number of carbonyl (C=O) groups excluding carboxylic acids is 1. The molecule has 0 spiro atoms. The van der Waals surface area contributed by atoms with Crippen molar-refractivity contribution in [2.75, 3.05) is 0 Å². The highest BCUT2D eigenvalue weighted by molar-refractivity contribution is 5.93. The van der Waals surface area contributed by atoms with Crippen LogP contribution in [0.1, 0.15) is 0 Å². The first-order valence-electron chi connectivity index (χ1n) is 5.90. The Morgan fingerprint density at radius 3 is 2.53 bits per heavy atom. The van der Waals surface area contributed by atoms with E-state index < -0.39 is 0 Å². The van der Waals surface area contributed by atoms with E-state index in [0.29, 0.717) is 5.69 Å². The Bertz CT molecular complexity index is 767. The molecule has 3 heteroatoms. The number of para-hydroxylation sites is 1. The third kappa shape index (κ3) is 2.15. The summed E-state index contributed by atoms with van der Waals surface area (Å²) in [7, 11) is 0. The predicted octanol–water partition coefficient (Wildman–Crippen LogP) is 3.87. The lowest BCUT2D eigenvalue weighted by molar-refractivity contribution is 0.565. The van der Waals surface area contributed by atoms with E-state index in [4.69, 9.17) is 0 Å². The molecule has 0 amide bonds. The molecular weight excluding hydrogens is 236 g/mol. The molecule has 3 rings (SSSR count). The molecule has 0 atom stereocenters. The lowest BCUT2D eigenvalue weighted by Crippen LogP contribution is -1.83. The first-order chi connectivity index (χ1) is 9.38. The van der Waals surface area contributed by atoms with Crippen molar-refractivity contribution < 1.29 is 4.79 Å². The third-order valence-corrected chi connectivity index (χ3v) is 2.99. The smallest absolute Gasteiger partial charge is 0.240 e. The Labute approximate surface area is 110 Å². The van der Waals surface area contributed by atoms with Crippen LogP contribution in [0.4, 0.5) is 5.69 Å². The van der Waals surface area contributed by atoms with Gasteiger partial charge in [-0.15, -0.1) is 0 Å². The van der Waals surface area contributed by atoms with Crippen molar-refractivity contribution in [2.45, 2.75) is 0 Å². The molecule has 0 radical (unpaired) electrons. The van der Waals surface area contributed by atoms with Crippen molar-refractivity contribution in [1.82, 2.24) is 4.98 Å². The number of nitrogens with zero attached hydrogens (tertiary/aromatic N) is 2. The Balaban J connectivity index is 2.16. The number of benzene rings is 2. The van der Waals surface area contributed by atoms with E-state index in [1.54, 1.807) is 18.3 Å². The minimum Gasteiger partial charge on any atom is -0.256 e. The summed E-state index contributed by atoms with van der Waals surface area (Å²) in [5.74, 6) is 0. The molecule has 0 N–H and O–H groups in total. The van der Waals surface area contributed by atoms with Crippen molar-refractivity contribution in [1.29, 1.82) is 0 Å². The molecule has 1 heterocycles. The molecule has 0 saturated heterocycles. The highest BCUT2D eigenvalue weighted by Crippen LogP contribution is 2.28. The maximum Gasteiger partial charge on any atom is 0.240 e. The van der Waals surface area contributed by atoms with Crippen LogP contribution in [0.15, 0.2) is 65.8 Å². The number of isocyanates is 1. The molecule has 90 valence electrons. The fraction of sp³-hybridized carbons (Fsp3) is 0. The topological polar surface area (TPSA) is 42.3 Å². The molecule has 0 aliphatic heterocycles. The third-order valence-electron chi connectivity index (χ3n) is 2.99. The predicted molar refractivity (Wildman–Crippen MR) is 75.0 cm³/mol. The molecular formula is C16H10N2O. The largest absolute Gasteiger partial charge is 0.256 e. The molecule has 1 aromatic heterocycles. The van der Waals surface area contributed by atoms with Crippen LogP contribution in [-0.4, -0.2) is 11.1 Å². The van der Waals surface area contributed by atoms with Gasteiger partial charge in [0.1, 0.15) is 0 Å². The first kappa shape index (κ1) is 11.3. The summed E-state index contributed by atoms with van der Waals surface area (Å²) in [5, 5.41) is 1.11. The SMILES string of the molecule is O=C=Nc1ccc(-c2cccc3cccnc23)cc1. The Hall–Kier alpha value is -2.77. The van der Waals surface area contributed by atoms with Gasteiger partial charge in [0.05, 0.1) is 11.2 Å². The van der Waals surface area contributed by atoms with Crippen LogP contribution < -0.4 is 0 Å². The van der Waals surface area contributed by atoms with E-state index in [1.807, 2.05) is 42.5 Å². The lowest BCUT2D eigenvalue weighted by atomic mass is 10.0. The van der Waals surface area contributed by atoms with Crippen molar-refractivity contribution in [3.8, 4) is 11.1 Å². The van der Waals surface area contributed by atoms with Crippen LogP contribution >= 0.6 is 0 Å². The molecule has 19 heavy (non-hydrogen) atoms. The second kappa shape index (κ2) is 4.84. The highest BCUT2D eigenvalue weighted by Gasteiger charge is 2.04. The van der Waals surface area contributed by atoms with Crippen molar-refractivity contribution in [2.24, 2.45) is 4.99 Å². The number of hydrogen-bond acceptors (Lipinski definition) is 3. The van der Waals surface area contributed by atoms with Crippen LogP contribution in [0.3, 0.4) is 0 Å². The van der Waals surface area contributed by atoms with Crippen molar-refractivity contribution in [3.63, 3.8) is 0 Å².